The second-order valence-electron chi connectivity index (χ2n) is 10.4. The standard InChI is InChI=1S/C33H32FN3O8/c1-4-42-32(40)25-29(44-19-21-9-7-6-8-10-21)26-27-28(22(16-35-26)15-20-11-13-23(34)14-12-20)45-24(18-37(27)30(25)38)17-36(3)31(39)33(41)43-5-2/h6-14,16,24H,4-5,15,17-19H2,1-3H3/t24-/m1/s1. The molecule has 11 nitrogen and oxygen atoms in total. The molecule has 0 N–H and O–H groups in total. The number of pyridine rings is 2. The Morgan fingerprint density at radius 1 is 1.02 bits per heavy atom. The van der Waals surface area contributed by atoms with E-state index in [0.29, 0.717) is 11.1 Å². The smallest absolute Gasteiger partial charge is 0.397 e. The molecular formula is C33H32FN3O8. The number of benzene rings is 2. The summed E-state index contributed by atoms with van der Waals surface area (Å²) in [5, 5.41) is 0. The van der Waals surface area contributed by atoms with Crippen LogP contribution < -0.4 is 15.0 Å². The first-order valence-electron chi connectivity index (χ1n) is 14.5. The van der Waals surface area contributed by atoms with Crippen LogP contribution in [0.5, 0.6) is 11.5 Å². The quantitative estimate of drug-likeness (QED) is 0.194. The molecule has 0 unspecified atom stereocenters. The molecule has 2 aromatic heterocycles. The lowest BCUT2D eigenvalue weighted by molar-refractivity contribution is -0.159. The monoisotopic (exact) mass is 617 g/mol. The third-order valence-electron chi connectivity index (χ3n) is 7.21. The molecule has 0 spiro atoms. The van der Waals surface area contributed by atoms with Crippen molar-refractivity contribution in [1.29, 1.82) is 0 Å². The summed E-state index contributed by atoms with van der Waals surface area (Å²) < 4.78 is 37.6. The number of rotatable bonds is 10. The predicted molar refractivity (Wildman–Crippen MR) is 161 cm³/mol. The maximum Gasteiger partial charge on any atom is 0.397 e. The average Bonchev–Trinajstić information content (AvgIpc) is 3.03. The lowest BCUT2D eigenvalue weighted by Gasteiger charge is -2.32. The molecule has 0 saturated heterocycles. The van der Waals surface area contributed by atoms with E-state index < -0.39 is 29.5 Å². The highest BCUT2D eigenvalue weighted by Crippen LogP contribution is 2.39. The Balaban J connectivity index is 1.64. The minimum absolute atomic E-state index is 0.0240. The highest BCUT2D eigenvalue weighted by atomic mass is 19.1. The Morgan fingerprint density at radius 3 is 2.42 bits per heavy atom. The van der Waals surface area contributed by atoms with Crippen molar-refractivity contribution < 1.29 is 37.7 Å². The Bertz CT molecular complexity index is 1790. The number of hydrogen-bond acceptors (Lipinski definition) is 9. The molecule has 0 aliphatic carbocycles. The lowest BCUT2D eigenvalue weighted by atomic mass is 10.0. The first-order valence-corrected chi connectivity index (χ1v) is 14.5. The number of aromatic nitrogens is 2. The van der Waals surface area contributed by atoms with Gasteiger partial charge in [0, 0.05) is 25.2 Å². The topological polar surface area (TPSA) is 126 Å². The first-order chi connectivity index (χ1) is 21.7. The van der Waals surface area contributed by atoms with Crippen LogP contribution in [0.2, 0.25) is 0 Å². The number of hydrogen-bond donors (Lipinski definition) is 0. The molecule has 234 valence electrons. The molecule has 1 aliphatic rings. The van der Waals surface area contributed by atoms with E-state index in [0.717, 1.165) is 16.0 Å². The van der Waals surface area contributed by atoms with Crippen molar-refractivity contribution in [2.75, 3.05) is 26.8 Å². The Labute approximate surface area is 258 Å². The van der Waals surface area contributed by atoms with Crippen LogP contribution in [0.1, 0.15) is 40.9 Å². The molecule has 0 bridgehead atoms. The molecular weight excluding hydrogens is 585 g/mol. The van der Waals surface area contributed by atoms with Gasteiger partial charge in [-0.3, -0.25) is 19.1 Å². The van der Waals surface area contributed by atoms with Gasteiger partial charge in [-0.05, 0) is 37.1 Å². The zero-order valence-corrected chi connectivity index (χ0v) is 25.1. The van der Waals surface area contributed by atoms with Gasteiger partial charge in [0.1, 0.15) is 29.6 Å². The minimum atomic E-state index is -1.01. The Kier molecular flexibility index (Phi) is 9.41. The number of halogens is 1. The maximum absolute atomic E-state index is 14.1. The predicted octanol–water partition coefficient (Wildman–Crippen LogP) is 3.66. The van der Waals surface area contributed by atoms with E-state index in [1.165, 1.54) is 23.7 Å². The highest BCUT2D eigenvalue weighted by molar-refractivity contribution is 6.32. The highest BCUT2D eigenvalue weighted by Gasteiger charge is 2.34. The van der Waals surface area contributed by atoms with Gasteiger partial charge in [0.05, 0.1) is 26.3 Å². The summed E-state index contributed by atoms with van der Waals surface area (Å²) in [7, 11) is 1.42. The van der Waals surface area contributed by atoms with Crippen LogP contribution in [0.25, 0.3) is 11.0 Å². The van der Waals surface area contributed by atoms with Crippen LogP contribution in [-0.2, 0) is 38.6 Å². The fourth-order valence-corrected chi connectivity index (χ4v) is 5.14. The van der Waals surface area contributed by atoms with Crippen molar-refractivity contribution in [3.05, 3.63) is 99.2 Å². The van der Waals surface area contributed by atoms with Crippen molar-refractivity contribution in [1.82, 2.24) is 14.5 Å². The van der Waals surface area contributed by atoms with Gasteiger partial charge in [-0.25, -0.2) is 14.0 Å². The number of carbonyl (C=O) groups is 3. The van der Waals surface area contributed by atoms with Crippen molar-refractivity contribution in [2.45, 2.75) is 39.5 Å². The van der Waals surface area contributed by atoms with Crippen LogP contribution in [0.15, 0.2) is 65.6 Å². The molecule has 2 aromatic carbocycles. The molecule has 1 amide bonds. The maximum atomic E-state index is 14.1. The summed E-state index contributed by atoms with van der Waals surface area (Å²) in [5.41, 5.74) is 1.64. The third kappa shape index (κ3) is 6.64. The number of esters is 2. The molecule has 4 aromatic rings. The van der Waals surface area contributed by atoms with Crippen LogP contribution in [0.4, 0.5) is 4.39 Å². The van der Waals surface area contributed by atoms with Crippen LogP contribution >= 0.6 is 0 Å². The van der Waals surface area contributed by atoms with Crippen LogP contribution in [0, 0.1) is 5.82 Å². The summed E-state index contributed by atoms with van der Waals surface area (Å²) in [6.45, 7) is 3.17. The molecule has 0 radical (unpaired) electrons. The van der Waals surface area contributed by atoms with E-state index in [1.54, 1.807) is 32.2 Å². The van der Waals surface area contributed by atoms with E-state index in [1.807, 2.05) is 30.3 Å². The lowest BCUT2D eigenvalue weighted by Crippen LogP contribution is -2.46. The molecule has 0 saturated carbocycles. The van der Waals surface area contributed by atoms with Crippen molar-refractivity contribution in [3.8, 4) is 11.5 Å². The van der Waals surface area contributed by atoms with Gasteiger partial charge in [-0.15, -0.1) is 0 Å². The summed E-state index contributed by atoms with van der Waals surface area (Å²) in [4.78, 5) is 57.8. The molecule has 5 rings (SSSR count). The Morgan fingerprint density at radius 2 is 1.73 bits per heavy atom. The number of amides is 1. The van der Waals surface area contributed by atoms with E-state index in [9.17, 15) is 23.6 Å². The minimum Gasteiger partial charge on any atom is -0.485 e. The second kappa shape index (κ2) is 13.6. The van der Waals surface area contributed by atoms with Gasteiger partial charge in [-0.1, -0.05) is 42.5 Å². The number of likely N-dealkylation sites (N-methyl/N-ethyl adjacent to an activating group) is 1. The van der Waals surface area contributed by atoms with Crippen LogP contribution in [-0.4, -0.2) is 65.2 Å². The van der Waals surface area contributed by atoms with E-state index in [-0.39, 0.29) is 67.7 Å². The zero-order valence-electron chi connectivity index (χ0n) is 25.1. The third-order valence-corrected chi connectivity index (χ3v) is 7.21. The Hall–Kier alpha value is -5.26. The van der Waals surface area contributed by atoms with Gasteiger partial charge in [0.2, 0.25) is 0 Å². The normalized spacial score (nSPS) is 13.6. The summed E-state index contributed by atoms with van der Waals surface area (Å²) >= 11 is 0. The van der Waals surface area contributed by atoms with Gasteiger partial charge in [0.15, 0.2) is 17.1 Å². The SMILES string of the molecule is CCOC(=O)C(=O)N(C)C[C@@H]1Cn2c(=O)c(C(=O)OCC)c(OCc3ccccc3)c3ncc(Cc4ccc(F)cc4)c(c32)O1. The molecule has 45 heavy (non-hydrogen) atoms. The van der Waals surface area contributed by atoms with Gasteiger partial charge in [-0.2, -0.15) is 0 Å². The summed E-state index contributed by atoms with van der Waals surface area (Å²) in [6, 6.07) is 15.2. The number of ether oxygens (including phenoxy) is 4. The molecule has 0 fully saturated rings. The van der Waals surface area contributed by atoms with Gasteiger partial charge < -0.3 is 23.8 Å². The summed E-state index contributed by atoms with van der Waals surface area (Å²) in [5.74, 6) is -2.90. The summed E-state index contributed by atoms with van der Waals surface area (Å²) in [6.07, 6.45) is 1.02. The van der Waals surface area contributed by atoms with E-state index >= 15 is 0 Å². The van der Waals surface area contributed by atoms with Crippen molar-refractivity contribution >= 4 is 28.9 Å². The van der Waals surface area contributed by atoms with E-state index in [2.05, 4.69) is 4.98 Å². The zero-order chi connectivity index (χ0) is 32.1. The van der Waals surface area contributed by atoms with Crippen molar-refractivity contribution in [2.24, 2.45) is 0 Å². The van der Waals surface area contributed by atoms with Crippen molar-refractivity contribution in [3.63, 3.8) is 0 Å². The second-order valence-corrected chi connectivity index (χ2v) is 10.4. The fraction of sp³-hybridized carbons (Fsp3) is 0.303. The number of carbonyl (C=O) groups excluding carboxylic acids is 3. The average molecular weight is 618 g/mol. The van der Waals surface area contributed by atoms with Gasteiger partial charge in [0.25, 0.3) is 5.56 Å². The molecule has 1 aliphatic heterocycles. The fourth-order valence-electron chi connectivity index (χ4n) is 5.14. The molecule has 12 heteroatoms. The largest absolute Gasteiger partial charge is 0.485 e. The first kappa shape index (κ1) is 31.2. The van der Waals surface area contributed by atoms with E-state index in [4.69, 9.17) is 18.9 Å². The molecule has 3 heterocycles. The van der Waals surface area contributed by atoms with Gasteiger partial charge >= 0.3 is 17.8 Å². The van der Waals surface area contributed by atoms with Crippen LogP contribution in [0.3, 0.4) is 0 Å². The number of nitrogens with zero attached hydrogens (tertiary/aromatic N) is 3. The molecule has 1 atom stereocenters.